The van der Waals surface area contributed by atoms with Crippen LogP contribution in [0.15, 0.2) is 60.7 Å². The molecule has 0 bridgehead atoms. The first-order valence-corrected chi connectivity index (χ1v) is 12.6. The van der Waals surface area contributed by atoms with Gasteiger partial charge in [0.15, 0.2) is 0 Å². The molecule has 182 valence electrons. The lowest BCUT2D eigenvalue weighted by molar-refractivity contribution is -0.197. The number of hydroxylamine groups is 2. The van der Waals surface area contributed by atoms with Crippen LogP contribution in [-0.4, -0.2) is 59.1 Å². The third-order valence-electron chi connectivity index (χ3n) is 5.49. The van der Waals surface area contributed by atoms with E-state index in [0.29, 0.717) is 18.6 Å². The lowest BCUT2D eigenvalue weighted by Gasteiger charge is -2.26. The van der Waals surface area contributed by atoms with Crippen molar-refractivity contribution in [2.45, 2.75) is 50.4 Å². The van der Waals surface area contributed by atoms with Crippen LogP contribution >= 0.6 is 11.8 Å². The van der Waals surface area contributed by atoms with Crippen molar-refractivity contribution < 1.29 is 24.0 Å². The Morgan fingerprint density at radius 2 is 1.74 bits per heavy atom. The molecule has 1 amide bonds. The van der Waals surface area contributed by atoms with Gasteiger partial charge in [-0.1, -0.05) is 60.7 Å². The number of benzene rings is 2. The van der Waals surface area contributed by atoms with Gasteiger partial charge in [-0.3, -0.25) is 19.7 Å². The Morgan fingerprint density at radius 3 is 2.35 bits per heavy atom. The van der Waals surface area contributed by atoms with E-state index in [1.807, 2.05) is 60.7 Å². The Morgan fingerprint density at radius 1 is 1.09 bits per heavy atom. The molecule has 1 heterocycles. The molecule has 3 rings (SSSR count). The van der Waals surface area contributed by atoms with E-state index < -0.39 is 18.1 Å². The first kappa shape index (κ1) is 25.8. The second kappa shape index (κ2) is 13.2. The predicted molar refractivity (Wildman–Crippen MR) is 132 cm³/mol. The van der Waals surface area contributed by atoms with Crippen LogP contribution < -0.4 is 5.32 Å². The van der Waals surface area contributed by atoms with Gasteiger partial charge in [0, 0.05) is 17.9 Å². The maximum atomic E-state index is 13.3. The minimum atomic E-state index is -0.685. The molecule has 0 spiro atoms. The molecule has 0 saturated carbocycles. The average molecular weight is 485 g/mol. The highest BCUT2D eigenvalue weighted by Gasteiger charge is 2.36. The topological polar surface area (TPSA) is 84.9 Å². The number of rotatable bonds is 10. The fraction of sp³-hybridized carbons (Fsp3) is 0.423. The van der Waals surface area contributed by atoms with Gasteiger partial charge in [0.2, 0.25) is 0 Å². The number of hydrogen-bond acceptors (Lipinski definition) is 7. The minimum absolute atomic E-state index is 0.0443. The summed E-state index contributed by atoms with van der Waals surface area (Å²) in [7, 11) is 0. The molecule has 0 aromatic heterocycles. The summed E-state index contributed by atoms with van der Waals surface area (Å²) < 4.78 is 5.27. The molecule has 0 unspecified atom stereocenters. The molecule has 1 saturated heterocycles. The van der Waals surface area contributed by atoms with E-state index in [2.05, 4.69) is 5.32 Å². The normalized spacial score (nSPS) is 19.2. The van der Waals surface area contributed by atoms with Gasteiger partial charge in [-0.15, -0.1) is 0 Å². The number of amides is 1. The molecule has 1 aliphatic rings. The Labute approximate surface area is 205 Å². The number of carbonyl (C=O) groups is 3. The first-order valence-electron chi connectivity index (χ1n) is 11.6. The first-order chi connectivity index (χ1) is 16.5. The molecule has 2 aromatic rings. The van der Waals surface area contributed by atoms with Crippen molar-refractivity contribution in [1.29, 1.82) is 0 Å². The number of aryl methyl sites for hydroxylation is 1. The monoisotopic (exact) mass is 484 g/mol. The second-order valence-corrected chi connectivity index (χ2v) is 9.51. The van der Waals surface area contributed by atoms with Crippen molar-refractivity contribution in [1.82, 2.24) is 10.4 Å². The van der Waals surface area contributed by atoms with E-state index in [0.717, 1.165) is 22.6 Å². The summed E-state index contributed by atoms with van der Waals surface area (Å²) in [5.74, 6) is -0.842. The molecule has 3 atom stereocenters. The zero-order chi connectivity index (χ0) is 24.3. The summed E-state index contributed by atoms with van der Waals surface area (Å²) in [5.41, 5.74) is 2.25. The molecule has 0 radical (unpaired) electrons. The number of ether oxygens (including phenoxy) is 1. The molecule has 2 aromatic carbocycles. The smallest absolute Gasteiger partial charge is 0.329 e. The summed E-state index contributed by atoms with van der Waals surface area (Å²) >= 11 is 1.63. The van der Waals surface area contributed by atoms with Crippen LogP contribution in [0.5, 0.6) is 0 Å². The molecule has 34 heavy (non-hydrogen) atoms. The summed E-state index contributed by atoms with van der Waals surface area (Å²) in [4.78, 5) is 43.0. The van der Waals surface area contributed by atoms with E-state index in [-0.39, 0.29) is 30.3 Å². The van der Waals surface area contributed by atoms with E-state index in [9.17, 15) is 14.4 Å². The van der Waals surface area contributed by atoms with Crippen molar-refractivity contribution in [2.75, 3.05) is 18.9 Å². The predicted octanol–water partition coefficient (Wildman–Crippen LogP) is 3.17. The van der Waals surface area contributed by atoms with Crippen LogP contribution in [0.3, 0.4) is 0 Å². The van der Waals surface area contributed by atoms with Crippen molar-refractivity contribution in [3.05, 3.63) is 71.8 Å². The average Bonchev–Trinajstić information content (AvgIpc) is 2.96. The quantitative estimate of drug-likeness (QED) is 0.519. The highest BCUT2D eigenvalue weighted by molar-refractivity contribution is 8.00. The van der Waals surface area contributed by atoms with E-state index in [1.54, 1.807) is 18.7 Å². The van der Waals surface area contributed by atoms with Gasteiger partial charge in [-0.25, -0.2) is 0 Å². The van der Waals surface area contributed by atoms with Crippen LogP contribution in [0.4, 0.5) is 0 Å². The highest BCUT2D eigenvalue weighted by atomic mass is 32.2. The van der Waals surface area contributed by atoms with Crippen LogP contribution in [0, 0.1) is 0 Å². The molecular weight excluding hydrogens is 452 g/mol. The van der Waals surface area contributed by atoms with Gasteiger partial charge >= 0.3 is 11.9 Å². The number of nitrogens with zero attached hydrogens (tertiary/aromatic N) is 1. The van der Waals surface area contributed by atoms with Crippen LogP contribution in [0.1, 0.15) is 31.4 Å². The highest BCUT2D eigenvalue weighted by Crippen LogP contribution is 2.24. The summed E-state index contributed by atoms with van der Waals surface area (Å²) in [6.45, 7) is 3.58. The van der Waals surface area contributed by atoms with Gasteiger partial charge < -0.3 is 9.57 Å². The van der Waals surface area contributed by atoms with Crippen LogP contribution in [-0.2, 0) is 36.8 Å². The fourth-order valence-corrected chi connectivity index (χ4v) is 5.13. The summed E-state index contributed by atoms with van der Waals surface area (Å²) in [5, 5.41) is 4.40. The van der Waals surface area contributed by atoms with Gasteiger partial charge in [-0.2, -0.15) is 16.8 Å². The summed E-state index contributed by atoms with van der Waals surface area (Å²) in [6, 6.07) is 18.5. The van der Waals surface area contributed by atoms with Gasteiger partial charge in [0.25, 0.3) is 5.91 Å². The third kappa shape index (κ3) is 7.88. The molecule has 7 nitrogen and oxygen atoms in total. The van der Waals surface area contributed by atoms with E-state index in [4.69, 9.17) is 9.57 Å². The lowest BCUT2D eigenvalue weighted by Crippen LogP contribution is -2.53. The number of esters is 1. The summed E-state index contributed by atoms with van der Waals surface area (Å²) in [6.07, 6.45) is 1.88. The van der Waals surface area contributed by atoms with Crippen molar-refractivity contribution in [2.24, 2.45) is 0 Å². The van der Waals surface area contributed by atoms with Gasteiger partial charge in [0.05, 0.1) is 19.2 Å². The SMILES string of the molecule is CCOC(=O)[C@@H](CCc1ccccc1)N[C@H]1CS[C@@H](Cc2ccccc2)CN(OC(C)=O)C1=O. The van der Waals surface area contributed by atoms with Crippen molar-refractivity contribution in [3.8, 4) is 0 Å². The Bertz CT molecular complexity index is 941. The zero-order valence-electron chi connectivity index (χ0n) is 19.6. The van der Waals surface area contributed by atoms with Crippen LogP contribution in [0.2, 0.25) is 0 Å². The van der Waals surface area contributed by atoms with Crippen molar-refractivity contribution in [3.63, 3.8) is 0 Å². The van der Waals surface area contributed by atoms with Gasteiger partial charge in [-0.05, 0) is 37.3 Å². The molecule has 0 aliphatic carbocycles. The second-order valence-electron chi connectivity index (χ2n) is 8.18. The molecule has 1 aliphatic heterocycles. The molecule has 8 heteroatoms. The maximum Gasteiger partial charge on any atom is 0.329 e. The fourth-order valence-electron chi connectivity index (χ4n) is 3.87. The minimum Gasteiger partial charge on any atom is -0.465 e. The van der Waals surface area contributed by atoms with E-state index >= 15 is 0 Å². The number of hydrogen-bond donors (Lipinski definition) is 1. The van der Waals surface area contributed by atoms with Crippen LogP contribution in [0.25, 0.3) is 0 Å². The third-order valence-corrected chi connectivity index (χ3v) is 6.81. The van der Waals surface area contributed by atoms with Gasteiger partial charge in [0.1, 0.15) is 6.04 Å². The standard InChI is InChI=1S/C26H32N2O5S/c1-3-32-26(31)23(15-14-20-10-6-4-7-11-20)27-24-18-34-22(16-21-12-8-5-9-13-21)17-28(25(24)30)33-19(2)29/h4-13,22-24,27H,3,14-18H2,1-2H3/t22-,23+,24-/m0/s1. The van der Waals surface area contributed by atoms with Crippen molar-refractivity contribution >= 4 is 29.6 Å². The zero-order valence-corrected chi connectivity index (χ0v) is 20.5. The largest absolute Gasteiger partial charge is 0.465 e. The Kier molecular flexibility index (Phi) is 9.97. The molecule has 1 N–H and O–H groups in total. The number of nitrogens with one attached hydrogen (secondary N) is 1. The lowest BCUT2D eigenvalue weighted by atomic mass is 10.0. The number of carbonyl (C=O) groups excluding carboxylic acids is 3. The maximum absolute atomic E-state index is 13.3. The molecule has 1 fully saturated rings. The molecular formula is C26H32N2O5S. The number of thioether (sulfide) groups is 1. The van der Waals surface area contributed by atoms with E-state index in [1.165, 1.54) is 6.92 Å². The Hall–Kier alpha value is -2.84. The Balaban J connectivity index is 1.73.